The molecule has 5 heterocycles. The SMILES string of the molecule is COCCCCCCCOc1ccc(-c2nnc(-c3ccc(C(=O)N[C@H]4C[C@H](O)CNC(=O)[C@@H]5[C@@H](O)[C@H](C)CN5C(=O)[C@H]([C@H](O)CCNC5COC(C)(C)OC5)NC(=O)[C@H]([C@H](O)Cc5ccc(O)c(OSOOO)c5)NC(=O)[C@@H]5C[C@H](O)CN5C(=O)[C@H]([C@H](C)O)NC4=O)cc3)s2)cc1. The molecule has 4 saturated heterocycles. The molecule has 4 fully saturated rings. The predicted octanol–water partition coefficient (Wildman–Crippen LogP) is -0.00370. The molecular weight excluding hydrogens is 1320 g/mol. The van der Waals surface area contributed by atoms with Gasteiger partial charge >= 0.3 is 0 Å². The number of aliphatic hydroxyl groups excluding tert-OH is 6. The van der Waals surface area contributed by atoms with E-state index in [1.165, 1.54) is 42.5 Å². The molecule has 4 aromatic rings. The number of phenols is 1. The number of aromatic nitrogens is 2. The number of carbonyl (C=O) groups is 7. The maximum Gasteiger partial charge on any atom is 0.261 e. The molecule has 13 atom stereocenters. The Kier molecular flexibility index (Phi) is 28.2. The number of fused-ring (bicyclic) bond motifs is 2. The number of methoxy groups -OCH3 is 1. The van der Waals surface area contributed by atoms with Crippen LogP contribution in [-0.2, 0) is 58.8 Å². The normalized spacial score (nSPS) is 25.6. The summed E-state index contributed by atoms with van der Waals surface area (Å²) in [6, 6.07) is 5.57. The number of benzene rings is 3. The van der Waals surface area contributed by atoms with Crippen molar-refractivity contribution < 1.29 is 107 Å². The minimum Gasteiger partial charge on any atom is -0.504 e. The molecule has 32 nitrogen and oxygen atoms in total. The zero-order chi connectivity index (χ0) is 70.8. The molecule has 0 aliphatic carbocycles. The molecule has 538 valence electrons. The molecule has 34 heteroatoms. The molecule has 0 unspecified atom stereocenters. The summed E-state index contributed by atoms with van der Waals surface area (Å²) >= 11 is 1.38. The van der Waals surface area contributed by atoms with Gasteiger partial charge in [0, 0.05) is 75.2 Å². The molecule has 0 bridgehead atoms. The third kappa shape index (κ3) is 20.9. The van der Waals surface area contributed by atoms with E-state index in [0.29, 0.717) is 22.2 Å². The average molecular weight is 1410 g/mol. The van der Waals surface area contributed by atoms with Crippen LogP contribution in [0.4, 0.5) is 0 Å². The van der Waals surface area contributed by atoms with Crippen molar-refractivity contribution in [2.75, 3.05) is 59.7 Å². The number of ether oxygens (including phenoxy) is 4. The number of rotatable bonds is 26. The molecular formula is C64H88N10O22S2. The first-order valence-electron chi connectivity index (χ1n) is 32.3. The van der Waals surface area contributed by atoms with Crippen molar-refractivity contribution in [1.29, 1.82) is 0 Å². The lowest BCUT2D eigenvalue weighted by Crippen LogP contribution is -2.64. The van der Waals surface area contributed by atoms with Gasteiger partial charge in [-0.2, -0.15) is 0 Å². The minimum atomic E-state index is -2.13. The van der Waals surface area contributed by atoms with Gasteiger partial charge in [0.15, 0.2) is 17.3 Å². The predicted molar refractivity (Wildman–Crippen MR) is 350 cm³/mol. The number of nitrogens with one attached hydrogen (secondary N) is 6. The zero-order valence-electron chi connectivity index (χ0n) is 54.9. The first kappa shape index (κ1) is 76.5. The molecule has 14 N–H and O–H groups in total. The number of amides is 7. The van der Waals surface area contributed by atoms with Crippen molar-refractivity contribution >= 4 is 65.0 Å². The fourth-order valence-corrected chi connectivity index (χ4v) is 12.8. The molecule has 98 heavy (non-hydrogen) atoms. The van der Waals surface area contributed by atoms with E-state index in [4.69, 9.17) is 28.4 Å². The highest BCUT2D eigenvalue weighted by atomic mass is 32.2. The van der Waals surface area contributed by atoms with E-state index in [1.807, 2.05) is 24.3 Å². The molecule has 0 radical (unpaired) electrons. The summed E-state index contributed by atoms with van der Waals surface area (Å²) in [5.74, 6) is -9.51. The van der Waals surface area contributed by atoms with Gasteiger partial charge in [-0.3, -0.25) is 33.6 Å². The van der Waals surface area contributed by atoms with Gasteiger partial charge in [0.25, 0.3) is 18.2 Å². The fraction of sp³-hybridized carbons (Fsp3) is 0.578. The van der Waals surface area contributed by atoms with E-state index in [9.17, 15) is 64.5 Å². The molecule has 3 aromatic carbocycles. The van der Waals surface area contributed by atoms with Gasteiger partial charge < -0.3 is 101 Å². The van der Waals surface area contributed by atoms with Crippen LogP contribution in [0.25, 0.3) is 21.1 Å². The van der Waals surface area contributed by atoms with E-state index < -0.39 is 164 Å². The Morgan fingerprint density at radius 3 is 2.06 bits per heavy atom. The van der Waals surface area contributed by atoms with Crippen molar-refractivity contribution in [3.63, 3.8) is 0 Å². The van der Waals surface area contributed by atoms with E-state index >= 15 is 4.79 Å². The Hall–Kier alpha value is -7.26. The lowest BCUT2D eigenvalue weighted by atomic mass is 9.98. The quantitative estimate of drug-likeness (QED) is 0.0170. The van der Waals surface area contributed by atoms with Gasteiger partial charge in [-0.05, 0) is 101 Å². The maximum absolute atomic E-state index is 15.1. The number of hydrogen-bond acceptors (Lipinski definition) is 27. The number of aliphatic hydroxyl groups is 6. The van der Waals surface area contributed by atoms with Gasteiger partial charge in [0.05, 0.1) is 62.5 Å². The highest BCUT2D eigenvalue weighted by Gasteiger charge is 2.50. The lowest BCUT2D eigenvalue weighted by Gasteiger charge is -2.36. The van der Waals surface area contributed by atoms with E-state index in [2.05, 4.69) is 51.5 Å². The molecule has 4 aliphatic heterocycles. The number of nitrogens with zero attached hydrogens (tertiary/aromatic N) is 4. The third-order valence-electron chi connectivity index (χ3n) is 17.2. The lowest BCUT2D eigenvalue weighted by molar-refractivity contribution is -0.433. The number of aromatic hydroxyl groups is 1. The molecule has 1 aromatic heterocycles. The van der Waals surface area contributed by atoms with Gasteiger partial charge in [0.1, 0.15) is 52.0 Å². The van der Waals surface area contributed by atoms with Crippen LogP contribution >= 0.6 is 23.7 Å². The molecule has 4 aliphatic rings. The summed E-state index contributed by atoms with van der Waals surface area (Å²) in [6.07, 6.45) is -7.08. The maximum atomic E-state index is 15.1. The summed E-state index contributed by atoms with van der Waals surface area (Å²) < 4.78 is 32.0. The van der Waals surface area contributed by atoms with E-state index in [-0.39, 0.29) is 68.0 Å². The van der Waals surface area contributed by atoms with Crippen LogP contribution in [0.3, 0.4) is 0 Å². The van der Waals surface area contributed by atoms with Crippen LogP contribution in [0.2, 0.25) is 0 Å². The minimum absolute atomic E-state index is 0.0183. The number of β-amino-alcohol motifs (C(OH)–C–C–N with tert-alkyl or cyclic N) is 1. The zero-order valence-corrected chi connectivity index (χ0v) is 56.5. The van der Waals surface area contributed by atoms with Crippen molar-refractivity contribution in [1.82, 2.24) is 51.9 Å². The highest BCUT2D eigenvalue weighted by Crippen LogP contribution is 2.34. The summed E-state index contributed by atoms with van der Waals surface area (Å²) in [7, 11) is 1.70. The largest absolute Gasteiger partial charge is 0.504 e. The number of hydrogen-bond donors (Lipinski definition) is 14. The smallest absolute Gasteiger partial charge is 0.261 e. The first-order chi connectivity index (χ1) is 46.8. The number of unbranched alkanes of at least 4 members (excludes halogenated alkanes) is 4. The number of phenolic OH excluding ortho intramolecular Hbond substituents is 1. The van der Waals surface area contributed by atoms with Crippen molar-refractivity contribution in [2.24, 2.45) is 5.92 Å². The Morgan fingerprint density at radius 2 is 1.40 bits per heavy atom. The average Bonchev–Trinajstić information content (AvgIpc) is 1.63. The molecule has 0 spiro atoms. The third-order valence-corrected chi connectivity index (χ3v) is 18.6. The summed E-state index contributed by atoms with van der Waals surface area (Å²) in [4.78, 5) is 105. The summed E-state index contributed by atoms with van der Waals surface area (Å²) in [5.41, 5.74) is 1.53. The Morgan fingerprint density at radius 1 is 0.765 bits per heavy atom. The second-order valence-corrected chi connectivity index (χ2v) is 26.6. The van der Waals surface area contributed by atoms with Crippen molar-refractivity contribution in [2.45, 2.75) is 170 Å². The topological polar surface area (TPSA) is 450 Å². The van der Waals surface area contributed by atoms with E-state index in [0.717, 1.165) is 72.8 Å². The van der Waals surface area contributed by atoms with Crippen molar-refractivity contribution in [3.8, 4) is 38.4 Å². The van der Waals surface area contributed by atoms with Crippen LogP contribution < -0.4 is 40.8 Å². The van der Waals surface area contributed by atoms with Crippen LogP contribution in [0.15, 0.2) is 66.7 Å². The van der Waals surface area contributed by atoms with Crippen LogP contribution in [-0.4, -0.2) is 247 Å². The molecule has 8 rings (SSSR count). The number of carbonyl (C=O) groups excluding carboxylic acids is 7. The first-order valence-corrected chi connectivity index (χ1v) is 33.8. The van der Waals surface area contributed by atoms with Crippen LogP contribution in [0, 0.1) is 5.92 Å². The van der Waals surface area contributed by atoms with E-state index in [1.54, 1.807) is 33.1 Å². The monoisotopic (exact) mass is 1410 g/mol. The van der Waals surface area contributed by atoms with Gasteiger partial charge in [-0.25, -0.2) is 5.26 Å². The second kappa shape index (κ2) is 36.2. The Bertz CT molecular complexity index is 3310. The van der Waals surface area contributed by atoms with Gasteiger partial charge in [-0.1, -0.05) is 65.1 Å². The molecule has 0 saturated carbocycles. The molecule has 7 amide bonds. The fourth-order valence-electron chi connectivity index (χ4n) is 11.7. The highest BCUT2D eigenvalue weighted by molar-refractivity contribution is 7.90. The summed E-state index contributed by atoms with van der Waals surface area (Å²) in [6.45, 7) is 6.27. The summed E-state index contributed by atoms with van der Waals surface area (Å²) in [5, 5.41) is 118. The second-order valence-electron chi connectivity index (χ2n) is 25.2. The van der Waals surface area contributed by atoms with Crippen LogP contribution in [0.5, 0.6) is 17.2 Å². The Labute approximate surface area is 573 Å². The van der Waals surface area contributed by atoms with Gasteiger partial charge in [0.2, 0.25) is 35.4 Å². The van der Waals surface area contributed by atoms with Crippen LogP contribution in [0.1, 0.15) is 95.0 Å². The van der Waals surface area contributed by atoms with Crippen molar-refractivity contribution in [3.05, 3.63) is 77.9 Å². The Balaban J connectivity index is 1.06. The van der Waals surface area contributed by atoms with Gasteiger partial charge in [-0.15, -0.1) is 10.2 Å². The standard InChI is InChI=1S/C64H88N10O22S2/c1-34-30-74-53(54(34)81)59(86)66-29-41(76)27-44(67-55(82)37-12-14-38(15-13-37)60-71-72-61(97-60)39-16-18-43(19-17-39)91-24-10-8-6-7-9-23-90-5)56(83)68-50(35(2)75)62(87)73-31-42(77)28-45(73)57(84)69-51(48(80)25-36-11-20-46(78)49(26-36)94-98-96-95-89)58(85)70-52(63(74)88)47(79)21-22-65-40-32-92-64(3,4)93-33-40/h11-20,26,34-35,40-42,44-45,47-48,50-54,65,75-81,89H,6-10,21-25,27-33H2,1-5H3,(H,66,86)(H,67,82)(H,68,83)(H,69,84)(H,70,85)/t34-,35+,41+,42+,44+,45+,47-,48-,50+,51+,52+,53+,54+/m1/s1.